The van der Waals surface area contributed by atoms with Crippen molar-refractivity contribution >= 4 is 11.7 Å². The molecule has 1 amide bonds. The largest absolute Gasteiger partial charge is 0.384 e. The summed E-state index contributed by atoms with van der Waals surface area (Å²) in [4.78, 5) is 25.5. The number of likely N-dealkylation sites (tertiary alicyclic amines) is 1. The van der Waals surface area contributed by atoms with Gasteiger partial charge in [-0.3, -0.25) is 9.78 Å². The third kappa shape index (κ3) is 5.04. The van der Waals surface area contributed by atoms with E-state index in [9.17, 15) is 4.79 Å². The van der Waals surface area contributed by atoms with Crippen molar-refractivity contribution in [3.8, 4) is 0 Å². The predicted octanol–water partition coefficient (Wildman–Crippen LogP) is 3.00. The molecular weight excluding hydrogens is 340 g/mol. The van der Waals surface area contributed by atoms with Gasteiger partial charge in [-0.05, 0) is 55.5 Å². The van der Waals surface area contributed by atoms with Gasteiger partial charge in [0, 0.05) is 51.9 Å². The molecule has 1 saturated heterocycles. The van der Waals surface area contributed by atoms with Crippen LogP contribution in [0.15, 0.2) is 42.9 Å². The Labute approximate surface area is 161 Å². The van der Waals surface area contributed by atoms with Crippen LogP contribution in [0, 0.1) is 5.92 Å². The van der Waals surface area contributed by atoms with Gasteiger partial charge >= 0.3 is 0 Å². The zero-order valence-corrected chi connectivity index (χ0v) is 16.2. The van der Waals surface area contributed by atoms with E-state index in [2.05, 4.69) is 21.8 Å². The third-order valence-corrected chi connectivity index (χ3v) is 5.03. The van der Waals surface area contributed by atoms with E-state index in [1.807, 2.05) is 29.2 Å². The molecule has 3 heterocycles. The maximum absolute atomic E-state index is 12.8. The molecule has 0 bridgehead atoms. The number of aromatic nitrogens is 2. The van der Waals surface area contributed by atoms with Crippen LogP contribution in [0.25, 0.3) is 0 Å². The van der Waals surface area contributed by atoms with E-state index in [0.29, 0.717) is 18.1 Å². The summed E-state index contributed by atoms with van der Waals surface area (Å²) in [7, 11) is 1.72. The lowest BCUT2D eigenvalue weighted by Gasteiger charge is -2.32. The number of hydrogen-bond acceptors (Lipinski definition) is 5. The van der Waals surface area contributed by atoms with Crippen LogP contribution in [0.2, 0.25) is 0 Å². The van der Waals surface area contributed by atoms with Crippen molar-refractivity contribution in [1.82, 2.24) is 14.9 Å². The number of carbonyl (C=O) groups excluding carboxylic acids is 1. The van der Waals surface area contributed by atoms with E-state index in [-0.39, 0.29) is 5.91 Å². The van der Waals surface area contributed by atoms with E-state index >= 15 is 0 Å². The van der Waals surface area contributed by atoms with Gasteiger partial charge in [0.2, 0.25) is 0 Å². The van der Waals surface area contributed by atoms with E-state index < -0.39 is 0 Å². The molecule has 6 nitrogen and oxygen atoms in total. The second kappa shape index (κ2) is 9.46. The highest BCUT2D eigenvalue weighted by molar-refractivity contribution is 5.94. The van der Waals surface area contributed by atoms with Crippen LogP contribution in [-0.4, -0.2) is 54.1 Å². The van der Waals surface area contributed by atoms with Crippen LogP contribution in [-0.2, 0) is 11.3 Å². The molecule has 144 valence electrons. The lowest BCUT2D eigenvalue weighted by Crippen LogP contribution is -2.41. The number of methoxy groups -OCH3 is 1. The monoisotopic (exact) mass is 368 g/mol. The summed E-state index contributed by atoms with van der Waals surface area (Å²) in [5.74, 6) is 1.37. The first-order valence-corrected chi connectivity index (χ1v) is 9.59. The Kier molecular flexibility index (Phi) is 6.76. The Bertz CT molecular complexity index is 719. The molecule has 0 N–H and O–H groups in total. The summed E-state index contributed by atoms with van der Waals surface area (Å²) in [6.07, 6.45) is 7.45. The summed E-state index contributed by atoms with van der Waals surface area (Å²) in [6.45, 7) is 5.99. The zero-order chi connectivity index (χ0) is 19.1. The molecule has 3 rings (SSSR count). The average molecular weight is 368 g/mol. The van der Waals surface area contributed by atoms with Gasteiger partial charge in [0.05, 0.1) is 12.2 Å². The van der Waals surface area contributed by atoms with Gasteiger partial charge in [-0.25, -0.2) is 4.98 Å². The van der Waals surface area contributed by atoms with Crippen LogP contribution < -0.4 is 4.90 Å². The van der Waals surface area contributed by atoms with Gasteiger partial charge in [-0.15, -0.1) is 0 Å². The highest BCUT2D eigenvalue weighted by atomic mass is 16.5. The van der Waals surface area contributed by atoms with Crippen molar-refractivity contribution in [3.63, 3.8) is 0 Å². The normalized spacial score (nSPS) is 17.0. The average Bonchev–Trinajstić information content (AvgIpc) is 2.73. The molecule has 0 radical (unpaired) electrons. The molecule has 0 saturated carbocycles. The molecular formula is C21H28N4O2. The van der Waals surface area contributed by atoms with Crippen LogP contribution in [0.4, 0.5) is 5.82 Å². The quantitative estimate of drug-likeness (QED) is 0.752. The Balaban J connectivity index is 1.66. The fourth-order valence-electron chi connectivity index (χ4n) is 3.57. The Hall–Kier alpha value is -2.47. The maximum Gasteiger partial charge on any atom is 0.255 e. The van der Waals surface area contributed by atoms with Gasteiger partial charge < -0.3 is 14.5 Å². The van der Waals surface area contributed by atoms with Crippen molar-refractivity contribution in [2.24, 2.45) is 5.92 Å². The molecule has 2 aromatic rings. The van der Waals surface area contributed by atoms with Gasteiger partial charge in [-0.1, -0.05) is 0 Å². The smallest absolute Gasteiger partial charge is 0.255 e. The molecule has 0 spiro atoms. The Morgan fingerprint density at radius 1 is 1.30 bits per heavy atom. The van der Waals surface area contributed by atoms with Gasteiger partial charge in [0.1, 0.15) is 5.82 Å². The fourth-order valence-corrected chi connectivity index (χ4v) is 3.57. The minimum Gasteiger partial charge on any atom is -0.384 e. The zero-order valence-electron chi connectivity index (χ0n) is 16.2. The number of hydrogen-bond donors (Lipinski definition) is 0. The van der Waals surface area contributed by atoms with Crippen molar-refractivity contribution in [2.45, 2.75) is 26.3 Å². The van der Waals surface area contributed by atoms with Crippen LogP contribution in [0.1, 0.15) is 35.7 Å². The Morgan fingerprint density at radius 2 is 2.11 bits per heavy atom. The number of nitrogens with zero attached hydrogens (tertiary/aromatic N) is 4. The number of carbonyl (C=O) groups is 1. The molecule has 0 aliphatic carbocycles. The molecule has 1 fully saturated rings. The number of pyridine rings is 2. The van der Waals surface area contributed by atoms with Crippen molar-refractivity contribution < 1.29 is 9.53 Å². The fraction of sp³-hybridized carbons (Fsp3) is 0.476. The SMILES string of the molecule is CCN(Cc1ccncc1)c1ccc(C(=O)N2CCC[C@@H](COC)C2)cn1. The van der Waals surface area contributed by atoms with Crippen LogP contribution in [0.3, 0.4) is 0 Å². The minimum absolute atomic E-state index is 0.0621. The predicted molar refractivity (Wildman–Crippen MR) is 106 cm³/mol. The number of anilines is 1. The minimum atomic E-state index is 0.0621. The molecule has 0 aromatic carbocycles. The summed E-state index contributed by atoms with van der Waals surface area (Å²) in [5.41, 5.74) is 1.84. The Morgan fingerprint density at radius 3 is 2.78 bits per heavy atom. The maximum atomic E-state index is 12.8. The summed E-state index contributed by atoms with van der Waals surface area (Å²) in [5, 5.41) is 0. The number of rotatable bonds is 7. The van der Waals surface area contributed by atoms with Crippen LogP contribution in [0.5, 0.6) is 0 Å². The molecule has 1 aliphatic rings. The second-order valence-electron chi connectivity index (χ2n) is 6.99. The summed E-state index contributed by atoms with van der Waals surface area (Å²) in [6, 6.07) is 7.84. The summed E-state index contributed by atoms with van der Waals surface area (Å²) >= 11 is 0. The van der Waals surface area contributed by atoms with Crippen LogP contribution >= 0.6 is 0 Å². The second-order valence-corrected chi connectivity index (χ2v) is 6.99. The first kappa shape index (κ1) is 19.3. The molecule has 0 unspecified atom stereocenters. The number of piperidine rings is 1. The molecule has 27 heavy (non-hydrogen) atoms. The van der Waals surface area contributed by atoms with Crippen molar-refractivity contribution in [1.29, 1.82) is 0 Å². The van der Waals surface area contributed by atoms with E-state index in [4.69, 9.17) is 4.74 Å². The van der Waals surface area contributed by atoms with E-state index in [0.717, 1.165) is 44.8 Å². The molecule has 1 atom stereocenters. The standard InChI is InChI=1S/C21H28N4O2/c1-3-24(14-17-8-10-22-11-9-17)20-7-6-19(13-23-20)21(26)25-12-4-5-18(15-25)16-27-2/h6-11,13,18H,3-5,12,14-16H2,1-2H3/t18-/m1/s1. The van der Waals surface area contributed by atoms with Gasteiger partial charge in [-0.2, -0.15) is 0 Å². The van der Waals surface area contributed by atoms with E-state index in [1.165, 1.54) is 5.56 Å². The third-order valence-electron chi connectivity index (χ3n) is 5.03. The first-order valence-electron chi connectivity index (χ1n) is 9.59. The van der Waals surface area contributed by atoms with Gasteiger partial charge in [0.15, 0.2) is 0 Å². The first-order chi connectivity index (χ1) is 13.2. The van der Waals surface area contributed by atoms with E-state index in [1.54, 1.807) is 25.7 Å². The molecule has 6 heteroatoms. The van der Waals surface area contributed by atoms with Crippen molar-refractivity contribution in [3.05, 3.63) is 54.0 Å². The number of amides is 1. The topological polar surface area (TPSA) is 58.6 Å². The highest BCUT2D eigenvalue weighted by Gasteiger charge is 2.24. The lowest BCUT2D eigenvalue weighted by atomic mass is 9.98. The highest BCUT2D eigenvalue weighted by Crippen LogP contribution is 2.20. The van der Waals surface area contributed by atoms with Gasteiger partial charge in [0.25, 0.3) is 5.91 Å². The lowest BCUT2D eigenvalue weighted by molar-refractivity contribution is 0.0570. The summed E-state index contributed by atoms with van der Waals surface area (Å²) < 4.78 is 5.26. The number of ether oxygens (including phenoxy) is 1. The molecule has 1 aliphatic heterocycles. The molecule has 2 aromatic heterocycles. The van der Waals surface area contributed by atoms with Crippen molar-refractivity contribution in [2.75, 3.05) is 38.3 Å².